The van der Waals surface area contributed by atoms with Gasteiger partial charge in [-0.05, 0) is 18.2 Å². The van der Waals surface area contributed by atoms with E-state index in [1.807, 2.05) is 18.2 Å². The second-order valence-electron chi connectivity index (χ2n) is 5.16. The Morgan fingerprint density at radius 3 is 2.52 bits per heavy atom. The normalized spacial score (nSPS) is 10.8. The number of hydrogen-bond acceptors (Lipinski definition) is 4. The van der Waals surface area contributed by atoms with Crippen molar-refractivity contribution in [3.05, 3.63) is 59.7 Å². The molecule has 3 aromatic rings. The van der Waals surface area contributed by atoms with E-state index in [4.69, 9.17) is 10.8 Å². The number of ketones is 1. The summed E-state index contributed by atoms with van der Waals surface area (Å²) >= 11 is 0. The molecular weight excluding hydrogens is 294 g/mol. The van der Waals surface area contributed by atoms with Crippen molar-refractivity contribution in [1.82, 2.24) is 9.55 Å². The third kappa shape index (κ3) is 2.91. The molecule has 0 aliphatic rings. The number of fused-ring (bicyclic) bond motifs is 1. The molecular formula is C17H15N3O3. The minimum atomic E-state index is -0.901. The van der Waals surface area contributed by atoms with Crippen LogP contribution in [0.1, 0.15) is 22.3 Å². The number of nitrogen functional groups attached to an aromatic ring is 1. The lowest BCUT2D eigenvalue weighted by Gasteiger charge is -2.05. The molecule has 0 fully saturated rings. The van der Waals surface area contributed by atoms with E-state index >= 15 is 0 Å². The molecule has 0 aliphatic carbocycles. The summed E-state index contributed by atoms with van der Waals surface area (Å²) in [6, 6.07) is 14.1. The van der Waals surface area contributed by atoms with E-state index in [0.717, 1.165) is 0 Å². The topological polar surface area (TPSA) is 98.2 Å². The molecule has 0 aliphatic heterocycles. The second kappa shape index (κ2) is 5.92. The number of rotatable bonds is 5. The Morgan fingerprint density at radius 2 is 1.83 bits per heavy atom. The van der Waals surface area contributed by atoms with Crippen LogP contribution in [0.5, 0.6) is 0 Å². The maximum atomic E-state index is 12.5. The monoisotopic (exact) mass is 309 g/mol. The third-order valence-electron chi connectivity index (χ3n) is 3.63. The van der Waals surface area contributed by atoms with Gasteiger partial charge in [-0.25, -0.2) is 4.98 Å². The van der Waals surface area contributed by atoms with E-state index in [9.17, 15) is 9.59 Å². The van der Waals surface area contributed by atoms with E-state index < -0.39 is 5.97 Å². The number of nitrogens with two attached hydrogens (primary N) is 1. The SMILES string of the molecule is Nc1nc2cc(C(=O)c3ccccc3)ccc2n1CCC(=O)O. The van der Waals surface area contributed by atoms with Gasteiger partial charge in [-0.1, -0.05) is 30.3 Å². The molecule has 2 aromatic carbocycles. The number of hydrogen-bond donors (Lipinski definition) is 2. The number of imidazole rings is 1. The van der Waals surface area contributed by atoms with Gasteiger partial charge in [-0.15, -0.1) is 0 Å². The van der Waals surface area contributed by atoms with Gasteiger partial charge in [0, 0.05) is 17.7 Å². The van der Waals surface area contributed by atoms with Crippen molar-refractivity contribution in [2.24, 2.45) is 0 Å². The summed E-state index contributed by atoms with van der Waals surface area (Å²) in [6.45, 7) is 0.240. The summed E-state index contributed by atoms with van der Waals surface area (Å²) in [5, 5.41) is 8.80. The van der Waals surface area contributed by atoms with Crippen molar-refractivity contribution in [3.8, 4) is 0 Å². The zero-order valence-electron chi connectivity index (χ0n) is 12.3. The number of anilines is 1. The highest BCUT2D eigenvalue weighted by Gasteiger charge is 2.13. The highest BCUT2D eigenvalue weighted by Crippen LogP contribution is 2.21. The lowest BCUT2D eigenvalue weighted by Crippen LogP contribution is -2.07. The lowest BCUT2D eigenvalue weighted by atomic mass is 10.0. The van der Waals surface area contributed by atoms with Gasteiger partial charge in [0.05, 0.1) is 17.5 Å². The number of carbonyl (C=O) groups excluding carboxylic acids is 1. The number of benzene rings is 2. The van der Waals surface area contributed by atoms with Crippen LogP contribution in [-0.4, -0.2) is 26.4 Å². The first kappa shape index (κ1) is 14.8. The van der Waals surface area contributed by atoms with Crippen molar-refractivity contribution >= 4 is 28.7 Å². The van der Waals surface area contributed by atoms with Crippen LogP contribution in [-0.2, 0) is 11.3 Å². The number of aromatic nitrogens is 2. The van der Waals surface area contributed by atoms with Crippen LogP contribution in [0.2, 0.25) is 0 Å². The van der Waals surface area contributed by atoms with E-state index in [1.54, 1.807) is 34.9 Å². The molecule has 0 saturated heterocycles. The molecule has 3 rings (SSSR count). The first-order valence-corrected chi connectivity index (χ1v) is 7.13. The van der Waals surface area contributed by atoms with Crippen LogP contribution in [0.4, 0.5) is 5.95 Å². The number of nitrogens with zero attached hydrogens (tertiary/aromatic N) is 2. The molecule has 0 radical (unpaired) electrons. The summed E-state index contributed by atoms with van der Waals surface area (Å²) in [6.07, 6.45) is -0.0413. The number of carboxylic acid groups (broad SMARTS) is 1. The number of carboxylic acids is 1. The largest absolute Gasteiger partial charge is 0.481 e. The lowest BCUT2D eigenvalue weighted by molar-refractivity contribution is -0.137. The van der Waals surface area contributed by atoms with Gasteiger partial charge in [-0.3, -0.25) is 9.59 Å². The molecule has 3 N–H and O–H groups in total. The molecule has 0 bridgehead atoms. The predicted molar refractivity (Wildman–Crippen MR) is 86.3 cm³/mol. The molecule has 0 saturated carbocycles. The van der Waals surface area contributed by atoms with Crippen molar-refractivity contribution in [2.45, 2.75) is 13.0 Å². The minimum absolute atomic E-state index is 0.0413. The molecule has 1 heterocycles. The Labute approximate surface area is 132 Å². The van der Waals surface area contributed by atoms with Crippen LogP contribution in [0.15, 0.2) is 48.5 Å². The summed E-state index contributed by atoms with van der Waals surface area (Å²) in [4.78, 5) is 27.4. The molecule has 0 unspecified atom stereocenters. The Kier molecular flexibility index (Phi) is 3.80. The Bertz CT molecular complexity index is 885. The first-order valence-electron chi connectivity index (χ1n) is 7.13. The number of aryl methyl sites for hydroxylation is 1. The molecule has 1 aromatic heterocycles. The average molecular weight is 309 g/mol. The number of aliphatic carboxylic acids is 1. The van der Waals surface area contributed by atoms with Crippen LogP contribution in [0.3, 0.4) is 0 Å². The molecule has 23 heavy (non-hydrogen) atoms. The first-order chi connectivity index (χ1) is 11.1. The molecule has 0 atom stereocenters. The van der Waals surface area contributed by atoms with Crippen LogP contribution in [0, 0.1) is 0 Å². The van der Waals surface area contributed by atoms with E-state index in [1.165, 1.54) is 0 Å². The van der Waals surface area contributed by atoms with Gasteiger partial charge in [0.15, 0.2) is 5.78 Å². The van der Waals surface area contributed by atoms with Crippen molar-refractivity contribution in [3.63, 3.8) is 0 Å². The van der Waals surface area contributed by atoms with Crippen LogP contribution >= 0.6 is 0 Å². The van der Waals surface area contributed by atoms with E-state index in [-0.39, 0.29) is 24.7 Å². The summed E-state index contributed by atoms with van der Waals surface area (Å²) in [5.41, 5.74) is 8.27. The molecule has 6 nitrogen and oxygen atoms in total. The average Bonchev–Trinajstić information content (AvgIpc) is 2.87. The van der Waals surface area contributed by atoms with Gasteiger partial charge in [0.2, 0.25) is 5.95 Å². The Morgan fingerprint density at radius 1 is 1.09 bits per heavy atom. The Hall–Kier alpha value is -3.15. The van der Waals surface area contributed by atoms with Gasteiger partial charge in [0.25, 0.3) is 0 Å². The zero-order chi connectivity index (χ0) is 16.4. The summed E-state index contributed by atoms with van der Waals surface area (Å²) in [5.74, 6) is -0.751. The quantitative estimate of drug-likeness (QED) is 0.705. The standard InChI is InChI=1S/C17H15N3O3/c18-17-19-13-10-12(16(23)11-4-2-1-3-5-11)6-7-14(13)20(17)9-8-15(21)22/h1-7,10H,8-9H2,(H2,18,19)(H,21,22). The minimum Gasteiger partial charge on any atom is -0.481 e. The maximum absolute atomic E-state index is 12.5. The predicted octanol–water partition coefficient (Wildman–Crippen LogP) is 2.32. The second-order valence-corrected chi connectivity index (χ2v) is 5.16. The van der Waals surface area contributed by atoms with Gasteiger partial charge >= 0.3 is 5.97 Å². The highest BCUT2D eigenvalue weighted by molar-refractivity contribution is 6.10. The fraction of sp³-hybridized carbons (Fsp3) is 0.118. The fourth-order valence-corrected chi connectivity index (χ4v) is 2.49. The van der Waals surface area contributed by atoms with Gasteiger partial charge in [0.1, 0.15) is 0 Å². The highest BCUT2D eigenvalue weighted by atomic mass is 16.4. The van der Waals surface area contributed by atoms with Gasteiger partial charge in [-0.2, -0.15) is 0 Å². The van der Waals surface area contributed by atoms with Crippen molar-refractivity contribution in [1.29, 1.82) is 0 Å². The van der Waals surface area contributed by atoms with Crippen molar-refractivity contribution < 1.29 is 14.7 Å². The molecule has 6 heteroatoms. The van der Waals surface area contributed by atoms with Gasteiger partial charge < -0.3 is 15.4 Å². The summed E-state index contributed by atoms with van der Waals surface area (Å²) in [7, 11) is 0. The number of carbonyl (C=O) groups is 2. The zero-order valence-corrected chi connectivity index (χ0v) is 12.3. The molecule has 116 valence electrons. The van der Waals surface area contributed by atoms with Crippen LogP contribution < -0.4 is 5.73 Å². The Balaban J connectivity index is 1.97. The maximum Gasteiger partial charge on any atom is 0.305 e. The smallest absolute Gasteiger partial charge is 0.305 e. The fourth-order valence-electron chi connectivity index (χ4n) is 2.49. The van der Waals surface area contributed by atoms with E-state index in [2.05, 4.69) is 4.98 Å². The summed E-state index contributed by atoms with van der Waals surface area (Å²) < 4.78 is 1.64. The van der Waals surface area contributed by atoms with Crippen LogP contribution in [0.25, 0.3) is 11.0 Å². The van der Waals surface area contributed by atoms with Crippen molar-refractivity contribution in [2.75, 3.05) is 5.73 Å². The molecule has 0 spiro atoms. The third-order valence-corrected chi connectivity index (χ3v) is 3.63. The molecule has 0 amide bonds. The van der Waals surface area contributed by atoms with E-state index in [0.29, 0.717) is 22.2 Å².